The van der Waals surface area contributed by atoms with Crippen molar-refractivity contribution in [1.82, 2.24) is 4.57 Å². The average molecular weight is 222 g/mol. The third-order valence-corrected chi connectivity index (χ3v) is 2.27. The largest absolute Gasteiger partial charge is 0.439 e. The second-order valence-electron chi connectivity index (χ2n) is 3.43. The van der Waals surface area contributed by atoms with Crippen molar-refractivity contribution in [3.63, 3.8) is 0 Å². The first kappa shape index (κ1) is 10.8. The Balaban J connectivity index is 2.38. The molecule has 17 heavy (non-hydrogen) atoms. The van der Waals surface area contributed by atoms with Crippen LogP contribution in [0.2, 0.25) is 0 Å². The fourth-order valence-electron chi connectivity index (χ4n) is 1.38. The van der Waals surface area contributed by atoms with Crippen LogP contribution in [0.5, 0.6) is 11.6 Å². The van der Waals surface area contributed by atoms with Crippen LogP contribution in [0.1, 0.15) is 11.1 Å². The number of benzene rings is 1. The molecule has 1 heterocycles. The molecule has 0 amide bonds. The molecule has 4 heteroatoms. The van der Waals surface area contributed by atoms with Crippen molar-refractivity contribution in [3.05, 3.63) is 47.7 Å². The summed E-state index contributed by atoms with van der Waals surface area (Å²) in [5.41, 5.74) is 0.776. The van der Waals surface area contributed by atoms with Crippen LogP contribution in [0.25, 0.3) is 0 Å². The Labute approximate surface area is 98.9 Å². The van der Waals surface area contributed by atoms with Gasteiger partial charge in [0.05, 0.1) is 17.2 Å². The summed E-state index contributed by atoms with van der Waals surface area (Å²) in [5, 5.41) is 17.7. The number of hydrogen-bond acceptors (Lipinski definition) is 3. The first-order chi connectivity index (χ1) is 8.24. The lowest BCUT2D eigenvalue weighted by Gasteiger charge is -2.07. The SMILES string of the molecule is Cn1c[c]cc1Oc1ccc(C#N)cc1C#N. The van der Waals surface area contributed by atoms with Crippen molar-refractivity contribution >= 4 is 0 Å². The highest BCUT2D eigenvalue weighted by atomic mass is 16.5. The van der Waals surface area contributed by atoms with E-state index >= 15 is 0 Å². The van der Waals surface area contributed by atoms with Crippen molar-refractivity contribution < 1.29 is 4.74 Å². The van der Waals surface area contributed by atoms with Crippen LogP contribution in [0.4, 0.5) is 0 Å². The number of aromatic nitrogens is 1. The van der Waals surface area contributed by atoms with Crippen LogP contribution >= 0.6 is 0 Å². The summed E-state index contributed by atoms with van der Waals surface area (Å²) in [6.07, 6.45) is 1.73. The first-order valence-electron chi connectivity index (χ1n) is 4.89. The topological polar surface area (TPSA) is 61.7 Å². The van der Waals surface area contributed by atoms with Crippen LogP contribution < -0.4 is 4.74 Å². The van der Waals surface area contributed by atoms with Gasteiger partial charge in [0, 0.05) is 25.4 Å². The van der Waals surface area contributed by atoms with Gasteiger partial charge in [-0.05, 0) is 18.2 Å². The van der Waals surface area contributed by atoms with Crippen LogP contribution in [0.15, 0.2) is 30.5 Å². The number of ether oxygens (including phenoxy) is 1. The fraction of sp³-hybridized carbons (Fsp3) is 0.0769. The molecule has 81 valence electrons. The molecule has 0 aliphatic carbocycles. The molecule has 0 fully saturated rings. The molecule has 1 aromatic heterocycles. The highest BCUT2D eigenvalue weighted by Crippen LogP contribution is 2.25. The molecule has 0 atom stereocenters. The van der Waals surface area contributed by atoms with Gasteiger partial charge >= 0.3 is 0 Å². The van der Waals surface area contributed by atoms with Gasteiger partial charge in [0.25, 0.3) is 0 Å². The zero-order valence-corrected chi connectivity index (χ0v) is 9.14. The van der Waals surface area contributed by atoms with E-state index in [1.165, 1.54) is 6.07 Å². The summed E-state index contributed by atoms with van der Waals surface area (Å²) < 4.78 is 7.32. The minimum absolute atomic E-state index is 0.338. The highest BCUT2D eigenvalue weighted by molar-refractivity contribution is 5.49. The molecule has 2 rings (SSSR count). The Bertz CT molecular complexity index is 629. The van der Waals surface area contributed by atoms with Gasteiger partial charge < -0.3 is 9.30 Å². The molecular formula is C13H8N3O. The predicted molar refractivity (Wildman–Crippen MR) is 60.2 cm³/mol. The molecule has 0 bridgehead atoms. The molecule has 0 aliphatic heterocycles. The molecular weight excluding hydrogens is 214 g/mol. The van der Waals surface area contributed by atoms with E-state index in [0.29, 0.717) is 22.8 Å². The number of rotatable bonds is 2. The van der Waals surface area contributed by atoms with Gasteiger partial charge in [-0.25, -0.2) is 0 Å². The molecule has 4 nitrogen and oxygen atoms in total. The van der Waals surface area contributed by atoms with E-state index in [9.17, 15) is 0 Å². The summed E-state index contributed by atoms with van der Waals surface area (Å²) in [6, 6.07) is 13.3. The zero-order chi connectivity index (χ0) is 12.3. The maximum absolute atomic E-state index is 8.98. The smallest absolute Gasteiger partial charge is 0.200 e. The quantitative estimate of drug-likeness (QED) is 0.783. The first-order valence-corrected chi connectivity index (χ1v) is 4.89. The normalized spacial score (nSPS) is 9.35. The highest BCUT2D eigenvalue weighted by Gasteiger charge is 2.07. The van der Waals surface area contributed by atoms with Gasteiger partial charge in [0.1, 0.15) is 11.8 Å². The predicted octanol–water partition coefficient (Wildman–Crippen LogP) is 2.36. The van der Waals surface area contributed by atoms with E-state index < -0.39 is 0 Å². The Morgan fingerprint density at radius 1 is 1.29 bits per heavy atom. The second kappa shape index (κ2) is 4.42. The Kier molecular flexibility index (Phi) is 2.81. The molecule has 1 radical (unpaired) electrons. The van der Waals surface area contributed by atoms with Crippen molar-refractivity contribution in [3.8, 4) is 23.8 Å². The van der Waals surface area contributed by atoms with E-state index in [-0.39, 0.29) is 0 Å². The lowest BCUT2D eigenvalue weighted by molar-refractivity contribution is 0.442. The molecule has 0 unspecified atom stereocenters. The van der Waals surface area contributed by atoms with Crippen LogP contribution in [-0.4, -0.2) is 4.57 Å². The Morgan fingerprint density at radius 3 is 2.71 bits per heavy atom. The van der Waals surface area contributed by atoms with Crippen molar-refractivity contribution in [2.45, 2.75) is 0 Å². The van der Waals surface area contributed by atoms with E-state index in [4.69, 9.17) is 15.3 Å². The maximum atomic E-state index is 8.98. The minimum Gasteiger partial charge on any atom is -0.439 e. The lowest BCUT2D eigenvalue weighted by Crippen LogP contribution is -1.94. The van der Waals surface area contributed by atoms with E-state index in [0.717, 1.165) is 0 Å². The van der Waals surface area contributed by atoms with Gasteiger partial charge in [-0.1, -0.05) is 0 Å². The monoisotopic (exact) mass is 222 g/mol. The van der Waals surface area contributed by atoms with Crippen LogP contribution in [-0.2, 0) is 7.05 Å². The minimum atomic E-state index is 0.338. The molecule has 0 saturated heterocycles. The third-order valence-electron chi connectivity index (χ3n) is 2.27. The number of aryl methyl sites for hydroxylation is 1. The zero-order valence-electron chi connectivity index (χ0n) is 9.14. The molecule has 1 aromatic carbocycles. The molecule has 2 aromatic rings. The van der Waals surface area contributed by atoms with Gasteiger partial charge in [0.15, 0.2) is 5.88 Å². The summed E-state index contributed by atoms with van der Waals surface area (Å²) in [7, 11) is 1.82. The van der Waals surface area contributed by atoms with E-state index in [1.54, 1.807) is 29.0 Å². The van der Waals surface area contributed by atoms with Crippen molar-refractivity contribution in [2.75, 3.05) is 0 Å². The number of nitriles is 2. The van der Waals surface area contributed by atoms with Crippen LogP contribution in [0, 0.1) is 28.7 Å². The molecule has 0 spiro atoms. The second-order valence-corrected chi connectivity index (χ2v) is 3.43. The summed E-state index contributed by atoms with van der Waals surface area (Å²) in [4.78, 5) is 0. The Morgan fingerprint density at radius 2 is 2.12 bits per heavy atom. The van der Waals surface area contributed by atoms with Crippen molar-refractivity contribution in [1.29, 1.82) is 10.5 Å². The fourth-order valence-corrected chi connectivity index (χ4v) is 1.38. The average Bonchev–Trinajstić information content (AvgIpc) is 2.75. The van der Waals surface area contributed by atoms with Gasteiger partial charge in [-0.15, -0.1) is 0 Å². The molecule has 0 N–H and O–H groups in total. The van der Waals surface area contributed by atoms with Gasteiger partial charge in [-0.2, -0.15) is 10.5 Å². The Hall–Kier alpha value is -2.72. The summed E-state index contributed by atoms with van der Waals surface area (Å²) in [6.45, 7) is 0. The standard InChI is InChI=1S/C13H8N3O/c1-16-6-2-3-13(16)17-12-5-4-10(8-14)7-11(12)9-15/h3-7H,1H3. The van der Waals surface area contributed by atoms with E-state index in [1.807, 2.05) is 19.2 Å². The van der Waals surface area contributed by atoms with Gasteiger partial charge in [0.2, 0.25) is 0 Å². The van der Waals surface area contributed by atoms with Crippen LogP contribution in [0.3, 0.4) is 0 Å². The maximum Gasteiger partial charge on any atom is 0.200 e. The summed E-state index contributed by atoms with van der Waals surface area (Å²) >= 11 is 0. The van der Waals surface area contributed by atoms with Gasteiger partial charge in [-0.3, -0.25) is 0 Å². The number of hydrogen-bond donors (Lipinski definition) is 0. The lowest BCUT2D eigenvalue weighted by atomic mass is 10.1. The molecule has 0 saturated carbocycles. The number of nitrogens with zero attached hydrogens (tertiary/aromatic N) is 3. The van der Waals surface area contributed by atoms with E-state index in [2.05, 4.69) is 6.07 Å². The summed E-state index contributed by atoms with van der Waals surface area (Å²) in [5.74, 6) is 1.02. The molecule has 0 aliphatic rings. The van der Waals surface area contributed by atoms with Crippen molar-refractivity contribution in [2.24, 2.45) is 7.05 Å². The third kappa shape index (κ3) is 2.11.